The van der Waals surface area contributed by atoms with Crippen LogP contribution in [0.2, 0.25) is 0 Å². The molecule has 160 valence electrons. The van der Waals surface area contributed by atoms with Crippen molar-refractivity contribution in [3.8, 4) is 11.3 Å². The number of hydrogen-bond donors (Lipinski definition) is 3. The Hall–Kier alpha value is -2.31. The summed E-state index contributed by atoms with van der Waals surface area (Å²) < 4.78 is 54.5. The van der Waals surface area contributed by atoms with Crippen molar-refractivity contribution in [2.45, 2.75) is 34.9 Å². The summed E-state index contributed by atoms with van der Waals surface area (Å²) in [5.74, 6) is 0.239. The molecule has 0 spiro atoms. The van der Waals surface area contributed by atoms with Crippen molar-refractivity contribution in [2.75, 3.05) is 24.2 Å². The largest absolute Gasteiger partial charge is 0.417 e. The average Bonchev–Trinajstić information content (AvgIpc) is 3.00. The zero-order valence-corrected chi connectivity index (χ0v) is 17.2. The molecule has 1 fully saturated rings. The Bertz CT molecular complexity index is 1100. The Balaban J connectivity index is 1.81. The number of nitrogens with two attached hydrogens (primary N) is 1. The molecule has 0 radical (unpaired) electrons. The first-order valence-corrected chi connectivity index (χ1v) is 11.2. The first kappa shape index (κ1) is 20.9. The minimum absolute atomic E-state index is 0.0470. The molecule has 0 saturated heterocycles. The van der Waals surface area contributed by atoms with Gasteiger partial charge in [0.25, 0.3) is 0 Å². The number of hydrogen-bond acceptors (Lipinski definition) is 8. The maximum Gasteiger partial charge on any atom is 0.417 e. The monoisotopic (exact) mass is 457 g/mol. The third-order valence-corrected chi connectivity index (χ3v) is 8.15. The van der Waals surface area contributed by atoms with Crippen LogP contribution >= 0.6 is 11.3 Å². The van der Waals surface area contributed by atoms with Gasteiger partial charge in [-0.05, 0) is 18.9 Å². The van der Waals surface area contributed by atoms with Crippen molar-refractivity contribution in [1.82, 2.24) is 15.0 Å². The summed E-state index contributed by atoms with van der Waals surface area (Å²) in [6, 6.07) is 0.918. The van der Waals surface area contributed by atoms with E-state index >= 15 is 0 Å². The van der Waals surface area contributed by atoms with Gasteiger partial charge >= 0.3 is 6.18 Å². The van der Waals surface area contributed by atoms with Gasteiger partial charge in [-0.3, -0.25) is 4.21 Å². The molecular weight excluding hydrogens is 439 g/mol. The number of halogens is 3. The number of anilines is 2. The predicted molar refractivity (Wildman–Crippen MR) is 110 cm³/mol. The number of pyridine rings is 1. The highest BCUT2D eigenvalue weighted by Gasteiger charge is 2.37. The minimum Gasteiger partial charge on any atom is -0.396 e. The Morgan fingerprint density at radius 2 is 2.00 bits per heavy atom. The number of thiophene rings is 1. The fraction of sp³-hybridized carbons (Fsp3) is 0.389. The van der Waals surface area contributed by atoms with Gasteiger partial charge in [0, 0.05) is 35.1 Å². The molecule has 1 saturated carbocycles. The van der Waals surface area contributed by atoms with Gasteiger partial charge in [-0.15, -0.1) is 11.3 Å². The van der Waals surface area contributed by atoms with E-state index in [0.29, 0.717) is 5.56 Å². The van der Waals surface area contributed by atoms with Gasteiger partial charge in [0.1, 0.15) is 9.04 Å². The molecule has 1 unspecified atom stereocenters. The van der Waals surface area contributed by atoms with Crippen molar-refractivity contribution in [3.05, 3.63) is 24.0 Å². The molecule has 1 atom stereocenters. The van der Waals surface area contributed by atoms with Crippen molar-refractivity contribution >= 4 is 44.0 Å². The summed E-state index contributed by atoms with van der Waals surface area (Å²) in [6.07, 6.45) is 0.555. The molecule has 3 aromatic rings. The highest BCUT2D eigenvalue weighted by atomic mass is 32.2. The molecule has 12 heteroatoms. The molecule has 30 heavy (non-hydrogen) atoms. The van der Waals surface area contributed by atoms with E-state index in [4.69, 9.17) is 10.8 Å². The summed E-state index contributed by atoms with van der Waals surface area (Å²) in [5.41, 5.74) is 5.35. The fourth-order valence-electron chi connectivity index (χ4n) is 3.08. The first-order chi connectivity index (χ1) is 14.3. The highest BCUT2D eigenvalue weighted by molar-refractivity contribution is 7.88. The number of nitrogens with zero attached hydrogens (tertiary/aromatic N) is 3. The van der Waals surface area contributed by atoms with E-state index in [1.165, 1.54) is 12.4 Å². The molecule has 0 bridgehead atoms. The number of aliphatic hydroxyl groups excluding tert-OH is 1. The molecule has 1 aliphatic carbocycles. The summed E-state index contributed by atoms with van der Waals surface area (Å²) in [5, 5.41) is 11.3. The van der Waals surface area contributed by atoms with Crippen LogP contribution in [0.3, 0.4) is 0 Å². The van der Waals surface area contributed by atoms with Crippen LogP contribution in [0.5, 0.6) is 0 Å². The Morgan fingerprint density at radius 1 is 1.30 bits per heavy atom. The summed E-state index contributed by atoms with van der Waals surface area (Å²) in [4.78, 5) is 12.5. The quantitative estimate of drug-likeness (QED) is 0.520. The molecule has 0 aliphatic heterocycles. The summed E-state index contributed by atoms with van der Waals surface area (Å²) in [7, 11) is -1.45. The number of rotatable bonds is 6. The molecule has 4 rings (SSSR count). The van der Waals surface area contributed by atoms with Crippen molar-refractivity contribution < 1.29 is 22.5 Å². The lowest BCUT2D eigenvalue weighted by Gasteiger charge is -2.23. The normalized spacial score (nSPS) is 15.9. The van der Waals surface area contributed by atoms with E-state index in [1.807, 2.05) is 0 Å². The molecule has 3 aromatic heterocycles. The van der Waals surface area contributed by atoms with Crippen LogP contribution in [-0.4, -0.2) is 42.7 Å². The molecule has 4 N–H and O–H groups in total. The van der Waals surface area contributed by atoms with E-state index in [0.717, 1.165) is 36.7 Å². The second-order valence-electron chi connectivity index (χ2n) is 6.83. The summed E-state index contributed by atoms with van der Waals surface area (Å²) in [6.45, 7) is 0.139. The molecule has 3 heterocycles. The van der Waals surface area contributed by atoms with Crippen molar-refractivity contribution in [3.63, 3.8) is 0 Å². The average molecular weight is 458 g/mol. The lowest BCUT2D eigenvalue weighted by Crippen LogP contribution is -2.23. The Labute approximate surface area is 176 Å². The molecule has 0 aromatic carbocycles. The molecule has 7 nitrogen and oxygen atoms in total. The van der Waals surface area contributed by atoms with E-state index in [1.54, 1.807) is 0 Å². The van der Waals surface area contributed by atoms with Gasteiger partial charge in [0.05, 0.1) is 34.4 Å². The smallest absolute Gasteiger partial charge is 0.396 e. The number of nitrogen functional groups attached to an aromatic ring is 1. The maximum atomic E-state index is 13.8. The lowest BCUT2D eigenvalue weighted by molar-refractivity contribution is -0.136. The minimum atomic E-state index is -4.66. The van der Waals surface area contributed by atoms with Crippen molar-refractivity contribution in [2.24, 2.45) is 0 Å². The standard InChI is InChI=1S/C18H18F3N5O2S2/c19-18(20,21)11-6-12(9-7-24-17(25-8-9)23-4-5-27)26-15-13(11)14(22)16(29-15)30(28)10-2-1-3-10/h6-8,10,27H,1-5,22H2,(H,23,24,25). The topological polar surface area (TPSA) is 114 Å². The third-order valence-electron chi connectivity index (χ3n) is 4.85. The number of aromatic nitrogens is 3. The Kier molecular flexibility index (Phi) is 5.64. The van der Waals surface area contributed by atoms with E-state index in [9.17, 15) is 17.4 Å². The second-order valence-corrected chi connectivity index (χ2v) is 9.76. The van der Waals surface area contributed by atoms with Crippen LogP contribution in [0.15, 0.2) is 22.7 Å². The van der Waals surface area contributed by atoms with Crippen LogP contribution in [0.25, 0.3) is 21.5 Å². The number of nitrogens with one attached hydrogen (secondary N) is 1. The highest BCUT2D eigenvalue weighted by Crippen LogP contribution is 2.45. The van der Waals surface area contributed by atoms with Crippen LogP contribution < -0.4 is 11.1 Å². The van der Waals surface area contributed by atoms with Crippen LogP contribution in [0.1, 0.15) is 24.8 Å². The van der Waals surface area contributed by atoms with Crippen LogP contribution in [-0.2, 0) is 17.0 Å². The van der Waals surface area contributed by atoms with Gasteiger partial charge in [-0.1, -0.05) is 6.42 Å². The van der Waals surface area contributed by atoms with E-state index < -0.39 is 22.5 Å². The van der Waals surface area contributed by atoms with Gasteiger partial charge in [-0.25, -0.2) is 15.0 Å². The zero-order chi connectivity index (χ0) is 21.5. The number of fused-ring (bicyclic) bond motifs is 1. The van der Waals surface area contributed by atoms with E-state index in [-0.39, 0.29) is 50.2 Å². The van der Waals surface area contributed by atoms with Gasteiger partial charge in [-0.2, -0.15) is 13.2 Å². The van der Waals surface area contributed by atoms with Crippen molar-refractivity contribution in [1.29, 1.82) is 0 Å². The fourth-order valence-corrected chi connectivity index (χ4v) is 6.29. The molecule has 0 amide bonds. The second kappa shape index (κ2) is 8.08. The van der Waals surface area contributed by atoms with Gasteiger partial charge < -0.3 is 16.2 Å². The lowest BCUT2D eigenvalue weighted by atomic mass is 10.0. The molecular formula is C18H18F3N5O2S2. The van der Waals surface area contributed by atoms with Gasteiger partial charge in [0.2, 0.25) is 5.95 Å². The number of aliphatic hydroxyl groups is 1. The van der Waals surface area contributed by atoms with Crippen LogP contribution in [0, 0.1) is 0 Å². The van der Waals surface area contributed by atoms with E-state index in [2.05, 4.69) is 20.3 Å². The first-order valence-electron chi connectivity index (χ1n) is 9.17. The number of alkyl halides is 3. The zero-order valence-electron chi connectivity index (χ0n) is 15.6. The molecule has 1 aliphatic rings. The van der Waals surface area contributed by atoms with Gasteiger partial charge in [0.15, 0.2) is 0 Å². The third kappa shape index (κ3) is 3.86. The Morgan fingerprint density at radius 3 is 2.57 bits per heavy atom. The SMILES string of the molecule is Nc1c(S(=O)C2CCC2)sc2nc(-c3cnc(NCCO)nc3)cc(C(F)(F)F)c12. The maximum absolute atomic E-state index is 13.8. The van der Waals surface area contributed by atoms with Crippen LogP contribution in [0.4, 0.5) is 24.8 Å². The summed E-state index contributed by atoms with van der Waals surface area (Å²) >= 11 is 0.946. The predicted octanol–water partition coefficient (Wildman–Crippen LogP) is 3.42.